The molecule has 0 aliphatic carbocycles. The van der Waals surface area contributed by atoms with E-state index in [9.17, 15) is 13.2 Å². The Morgan fingerprint density at radius 2 is 1.86 bits per heavy atom. The maximum Gasteiger partial charge on any atom is 0.224 e. The van der Waals surface area contributed by atoms with E-state index in [1.165, 1.54) is 4.31 Å². The Labute approximate surface area is 125 Å². The molecule has 1 atom stereocenters. The van der Waals surface area contributed by atoms with Crippen LogP contribution < -0.4 is 11.5 Å². The second kappa shape index (κ2) is 5.75. The molecule has 0 spiro atoms. The number of hydrogen-bond acceptors (Lipinski definition) is 4. The first-order valence-corrected chi connectivity index (χ1v) is 8.43. The molecule has 21 heavy (non-hydrogen) atoms. The SMILES string of the molecule is CC1(C(N)=O)CCN(S(=O)(=O)Cc2ccc(CN)cc2)C1. The van der Waals surface area contributed by atoms with Crippen molar-refractivity contribution >= 4 is 15.9 Å². The van der Waals surface area contributed by atoms with Crippen molar-refractivity contribution in [3.05, 3.63) is 35.4 Å². The van der Waals surface area contributed by atoms with E-state index in [0.29, 0.717) is 25.1 Å². The van der Waals surface area contributed by atoms with Crippen molar-refractivity contribution in [1.29, 1.82) is 0 Å². The van der Waals surface area contributed by atoms with E-state index < -0.39 is 21.3 Å². The molecule has 0 radical (unpaired) electrons. The first kappa shape index (κ1) is 15.9. The van der Waals surface area contributed by atoms with Crippen LogP contribution in [0.3, 0.4) is 0 Å². The lowest BCUT2D eigenvalue weighted by Gasteiger charge is -2.21. The molecule has 1 aliphatic heterocycles. The average molecular weight is 311 g/mol. The molecule has 1 heterocycles. The first-order chi connectivity index (χ1) is 9.77. The molecule has 1 aliphatic rings. The van der Waals surface area contributed by atoms with E-state index in [-0.39, 0.29) is 12.3 Å². The number of rotatable bonds is 5. The Balaban J connectivity index is 2.10. The predicted octanol–water partition coefficient (Wildman–Crippen LogP) is 0.172. The Morgan fingerprint density at radius 1 is 1.29 bits per heavy atom. The molecule has 6 nitrogen and oxygen atoms in total. The van der Waals surface area contributed by atoms with Gasteiger partial charge in [0, 0.05) is 19.6 Å². The Bertz CT molecular complexity index is 627. The standard InChI is InChI=1S/C14H21N3O3S/c1-14(13(16)18)6-7-17(10-14)21(19,20)9-12-4-2-11(8-15)3-5-12/h2-5H,6-10,15H2,1H3,(H2,16,18). The Morgan fingerprint density at radius 3 is 2.33 bits per heavy atom. The van der Waals surface area contributed by atoms with Crippen molar-refractivity contribution < 1.29 is 13.2 Å². The first-order valence-electron chi connectivity index (χ1n) is 6.82. The van der Waals surface area contributed by atoms with Crippen LogP contribution in [0.25, 0.3) is 0 Å². The number of nitrogens with zero attached hydrogens (tertiary/aromatic N) is 1. The minimum atomic E-state index is -3.44. The van der Waals surface area contributed by atoms with Crippen LogP contribution in [0.1, 0.15) is 24.5 Å². The van der Waals surface area contributed by atoms with Gasteiger partial charge in [0.15, 0.2) is 0 Å². The largest absolute Gasteiger partial charge is 0.369 e. The Hall–Kier alpha value is -1.44. The Kier molecular flexibility index (Phi) is 4.36. The van der Waals surface area contributed by atoms with Gasteiger partial charge >= 0.3 is 0 Å². The second-order valence-electron chi connectivity index (χ2n) is 5.79. The number of hydrogen-bond donors (Lipinski definition) is 2. The van der Waals surface area contributed by atoms with Gasteiger partial charge in [-0.25, -0.2) is 12.7 Å². The second-order valence-corrected chi connectivity index (χ2v) is 7.75. The molecule has 4 N–H and O–H groups in total. The van der Waals surface area contributed by atoms with Crippen LogP contribution in [-0.4, -0.2) is 31.7 Å². The third-order valence-electron chi connectivity index (χ3n) is 4.03. The van der Waals surface area contributed by atoms with E-state index in [1.54, 1.807) is 19.1 Å². The van der Waals surface area contributed by atoms with Crippen LogP contribution in [0.15, 0.2) is 24.3 Å². The van der Waals surface area contributed by atoms with E-state index in [0.717, 1.165) is 5.56 Å². The topological polar surface area (TPSA) is 106 Å². The monoisotopic (exact) mass is 311 g/mol. The summed E-state index contributed by atoms with van der Waals surface area (Å²) in [7, 11) is -3.44. The van der Waals surface area contributed by atoms with Gasteiger partial charge in [0.2, 0.25) is 15.9 Å². The number of benzene rings is 1. The van der Waals surface area contributed by atoms with Crippen molar-refractivity contribution in [3.8, 4) is 0 Å². The number of sulfonamides is 1. The minimum absolute atomic E-state index is 0.0767. The van der Waals surface area contributed by atoms with Gasteiger partial charge in [0.05, 0.1) is 11.2 Å². The van der Waals surface area contributed by atoms with Crippen molar-refractivity contribution in [3.63, 3.8) is 0 Å². The molecule has 0 bridgehead atoms. The molecule has 116 valence electrons. The van der Waals surface area contributed by atoms with Crippen molar-refractivity contribution in [2.45, 2.75) is 25.6 Å². The van der Waals surface area contributed by atoms with Gasteiger partial charge in [-0.15, -0.1) is 0 Å². The highest BCUT2D eigenvalue weighted by molar-refractivity contribution is 7.88. The molecule has 1 aromatic carbocycles. The van der Waals surface area contributed by atoms with Crippen LogP contribution in [0.4, 0.5) is 0 Å². The number of amides is 1. The quantitative estimate of drug-likeness (QED) is 0.808. The molecule has 1 unspecified atom stereocenters. The zero-order valence-electron chi connectivity index (χ0n) is 12.1. The summed E-state index contributed by atoms with van der Waals surface area (Å²) in [4.78, 5) is 11.4. The van der Waals surface area contributed by atoms with Gasteiger partial charge in [-0.05, 0) is 24.5 Å². The highest BCUT2D eigenvalue weighted by Crippen LogP contribution is 2.32. The zero-order valence-corrected chi connectivity index (χ0v) is 12.9. The van der Waals surface area contributed by atoms with Gasteiger partial charge < -0.3 is 11.5 Å². The fourth-order valence-electron chi connectivity index (χ4n) is 2.43. The fourth-order valence-corrected chi connectivity index (χ4v) is 4.08. The normalized spacial score (nSPS) is 23.3. The van der Waals surface area contributed by atoms with E-state index in [2.05, 4.69) is 0 Å². The van der Waals surface area contributed by atoms with Gasteiger partial charge in [0.1, 0.15) is 0 Å². The number of carbonyl (C=O) groups is 1. The average Bonchev–Trinajstić information content (AvgIpc) is 2.84. The summed E-state index contributed by atoms with van der Waals surface area (Å²) in [5.74, 6) is -0.528. The van der Waals surface area contributed by atoms with Crippen molar-refractivity contribution in [2.75, 3.05) is 13.1 Å². The van der Waals surface area contributed by atoms with E-state index in [4.69, 9.17) is 11.5 Å². The lowest BCUT2D eigenvalue weighted by Crippen LogP contribution is -2.39. The summed E-state index contributed by atoms with van der Waals surface area (Å²) < 4.78 is 26.2. The third-order valence-corrected chi connectivity index (χ3v) is 5.83. The summed E-state index contributed by atoms with van der Waals surface area (Å²) in [6.07, 6.45) is 0.466. The summed E-state index contributed by atoms with van der Waals surface area (Å²) in [5.41, 5.74) is 11.8. The molecule has 1 saturated heterocycles. The van der Waals surface area contributed by atoms with Gasteiger partial charge in [-0.1, -0.05) is 24.3 Å². The number of primary amides is 1. The van der Waals surface area contributed by atoms with Gasteiger partial charge in [-0.3, -0.25) is 4.79 Å². The maximum atomic E-state index is 12.4. The number of carbonyl (C=O) groups excluding carboxylic acids is 1. The van der Waals surface area contributed by atoms with Gasteiger partial charge in [0.25, 0.3) is 0 Å². The summed E-state index contributed by atoms with van der Waals surface area (Å²) >= 11 is 0. The maximum absolute atomic E-state index is 12.4. The molecule has 1 fully saturated rings. The summed E-state index contributed by atoms with van der Waals surface area (Å²) in [6.45, 7) is 2.63. The van der Waals surface area contributed by atoms with Crippen LogP contribution in [0, 0.1) is 5.41 Å². The predicted molar refractivity (Wildman–Crippen MR) is 80.4 cm³/mol. The molecule has 1 aromatic rings. The lowest BCUT2D eigenvalue weighted by molar-refractivity contribution is -0.126. The van der Waals surface area contributed by atoms with Crippen molar-refractivity contribution in [2.24, 2.45) is 16.9 Å². The molecule has 7 heteroatoms. The fraction of sp³-hybridized carbons (Fsp3) is 0.500. The van der Waals surface area contributed by atoms with Crippen LogP contribution in [0.2, 0.25) is 0 Å². The van der Waals surface area contributed by atoms with Gasteiger partial charge in [-0.2, -0.15) is 0 Å². The zero-order chi connectivity index (χ0) is 15.7. The highest BCUT2D eigenvalue weighted by Gasteiger charge is 2.43. The summed E-state index contributed by atoms with van der Waals surface area (Å²) in [6, 6.07) is 7.18. The third kappa shape index (κ3) is 3.42. The van der Waals surface area contributed by atoms with Crippen LogP contribution >= 0.6 is 0 Å². The summed E-state index contributed by atoms with van der Waals surface area (Å²) in [5, 5.41) is 0. The molecule has 2 rings (SSSR count). The molecule has 0 saturated carbocycles. The smallest absolute Gasteiger partial charge is 0.224 e. The molecular weight excluding hydrogens is 290 g/mol. The van der Waals surface area contributed by atoms with E-state index in [1.807, 2.05) is 12.1 Å². The van der Waals surface area contributed by atoms with Crippen LogP contribution in [-0.2, 0) is 27.1 Å². The van der Waals surface area contributed by atoms with Crippen LogP contribution in [0.5, 0.6) is 0 Å². The molecule has 1 amide bonds. The molecule has 0 aromatic heterocycles. The molecular formula is C14H21N3O3S. The van der Waals surface area contributed by atoms with Crippen molar-refractivity contribution in [1.82, 2.24) is 4.31 Å². The lowest BCUT2D eigenvalue weighted by atomic mass is 9.89. The van der Waals surface area contributed by atoms with E-state index >= 15 is 0 Å². The number of nitrogens with two attached hydrogens (primary N) is 2. The highest BCUT2D eigenvalue weighted by atomic mass is 32.2. The minimum Gasteiger partial charge on any atom is -0.369 e.